The highest BCUT2D eigenvalue weighted by molar-refractivity contribution is 6.28. The third-order valence-corrected chi connectivity index (χ3v) is 6.77. The molecule has 1 aromatic carbocycles. The average Bonchev–Trinajstić information content (AvgIpc) is 3.54. The van der Waals surface area contributed by atoms with Crippen molar-refractivity contribution in [2.45, 2.75) is 57.2 Å². The van der Waals surface area contributed by atoms with Gasteiger partial charge in [-0.3, -0.25) is 9.36 Å². The molecule has 2 N–H and O–H groups in total. The number of halogens is 2. The summed E-state index contributed by atoms with van der Waals surface area (Å²) < 4.78 is 43.7. The Balaban J connectivity index is 1.57. The van der Waals surface area contributed by atoms with Crippen molar-refractivity contribution in [3.8, 4) is 0 Å². The number of esters is 3. The van der Waals surface area contributed by atoms with E-state index < -0.39 is 42.0 Å². The second kappa shape index (κ2) is 13.4. The van der Waals surface area contributed by atoms with Crippen molar-refractivity contribution >= 4 is 46.5 Å². The lowest BCUT2D eigenvalue weighted by atomic mass is 9.93. The van der Waals surface area contributed by atoms with Crippen molar-refractivity contribution in [1.29, 1.82) is 0 Å². The van der Waals surface area contributed by atoms with Crippen molar-refractivity contribution in [1.82, 2.24) is 19.5 Å². The molecular weight excluding hydrogens is 577 g/mol. The van der Waals surface area contributed by atoms with Gasteiger partial charge in [0.25, 0.3) is 5.60 Å². The number of methoxy groups -OCH3 is 1. The summed E-state index contributed by atoms with van der Waals surface area (Å²) in [5, 5.41) is -0.137. The van der Waals surface area contributed by atoms with Gasteiger partial charge in [0.05, 0.1) is 45.8 Å². The topological polar surface area (TPSA) is 167 Å². The fourth-order valence-corrected chi connectivity index (χ4v) is 4.75. The van der Waals surface area contributed by atoms with Gasteiger partial charge in [-0.15, -0.1) is 0 Å². The van der Waals surface area contributed by atoms with E-state index in [1.807, 2.05) is 0 Å². The highest BCUT2D eigenvalue weighted by atomic mass is 35.5. The zero-order chi connectivity index (χ0) is 30.4. The third kappa shape index (κ3) is 6.61. The molecule has 0 bridgehead atoms. The van der Waals surface area contributed by atoms with Gasteiger partial charge in [-0.1, -0.05) is 24.3 Å². The number of nitrogen functional groups attached to an aromatic ring is 1. The Morgan fingerprint density at radius 2 is 1.76 bits per heavy atom. The van der Waals surface area contributed by atoms with Crippen LogP contribution >= 0.6 is 11.6 Å². The van der Waals surface area contributed by atoms with E-state index in [9.17, 15) is 14.4 Å². The molecule has 0 radical (unpaired) electrons. The molecule has 0 aliphatic carbocycles. The Hall–Kier alpha value is -3.88. The molecule has 226 valence electrons. The van der Waals surface area contributed by atoms with Crippen LogP contribution in [0.1, 0.15) is 37.6 Å². The van der Waals surface area contributed by atoms with Crippen molar-refractivity contribution in [3.63, 3.8) is 0 Å². The first-order chi connectivity index (χ1) is 20.1. The van der Waals surface area contributed by atoms with Crippen LogP contribution in [-0.2, 0) is 50.9 Å². The smallest absolute Gasteiger partial charge is 0.350 e. The van der Waals surface area contributed by atoms with E-state index in [2.05, 4.69) is 15.0 Å². The summed E-state index contributed by atoms with van der Waals surface area (Å²) in [7, 11) is 1.29. The van der Waals surface area contributed by atoms with Crippen LogP contribution in [0.5, 0.6) is 0 Å². The van der Waals surface area contributed by atoms with Gasteiger partial charge in [0, 0.05) is 12.8 Å². The number of hydrogen-bond donors (Lipinski definition) is 1. The maximum atomic E-state index is 15.3. The monoisotopic (exact) mass is 607 g/mol. The molecule has 3 atom stereocenters. The van der Waals surface area contributed by atoms with Crippen LogP contribution in [0.25, 0.3) is 11.2 Å². The maximum absolute atomic E-state index is 15.3. The summed E-state index contributed by atoms with van der Waals surface area (Å²) in [5.41, 5.74) is 5.26. The molecular formula is C27H31ClFN5O8. The molecule has 13 nitrogen and oxygen atoms in total. The highest BCUT2D eigenvalue weighted by Crippen LogP contribution is 2.35. The molecule has 2 aromatic heterocycles. The zero-order valence-corrected chi connectivity index (χ0v) is 24.0. The number of nitrogens with zero attached hydrogens (tertiary/aromatic N) is 4. The molecule has 0 amide bonds. The predicted octanol–water partition coefficient (Wildman–Crippen LogP) is 2.53. The van der Waals surface area contributed by atoms with Crippen LogP contribution in [0.15, 0.2) is 30.6 Å². The quantitative estimate of drug-likeness (QED) is 0.138. The first kappa shape index (κ1) is 31.1. The number of aromatic nitrogens is 4. The van der Waals surface area contributed by atoms with E-state index in [4.69, 9.17) is 41.0 Å². The number of hydrogen-bond acceptors (Lipinski definition) is 12. The standard InChI is InChI=1S/C27H31ClFN5O8/c1-4-39-24(36)27(25(37)40-5-2,12-16-8-6-15(7-9-16)10-19(35)38-3)41-13-17-11-18(29)23(42-17)34-14-31-20-21(30)32-26(28)33-22(20)34/h6-9,14,17-18,23H,4-5,10-13H2,1-3H3,(H2,30,32,33). The number of carbonyl (C=O) groups is 3. The number of nitrogens with two attached hydrogens (primary N) is 1. The number of carbonyl (C=O) groups excluding carboxylic acids is 3. The van der Waals surface area contributed by atoms with Crippen LogP contribution in [0, 0.1) is 0 Å². The Morgan fingerprint density at radius 1 is 1.12 bits per heavy atom. The number of anilines is 1. The number of ether oxygens (including phenoxy) is 5. The van der Waals surface area contributed by atoms with E-state index in [1.54, 1.807) is 38.1 Å². The predicted molar refractivity (Wildman–Crippen MR) is 146 cm³/mol. The third-order valence-electron chi connectivity index (χ3n) is 6.60. The molecule has 1 saturated heterocycles. The van der Waals surface area contributed by atoms with Crippen molar-refractivity contribution in [2.75, 3.05) is 32.7 Å². The van der Waals surface area contributed by atoms with Gasteiger partial charge in [-0.2, -0.15) is 9.97 Å². The average molecular weight is 608 g/mol. The molecule has 15 heteroatoms. The first-order valence-corrected chi connectivity index (χ1v) is 13.6. The van der Waals surface area contributed by atoms with Gasteiger partial charge >= 0.3 is 17.9 Å². The summed E-state index contributed by atoms with van der Waals surface area (Å²) in [4.78, 5) is 50.3. The minimum absolute atomic E-state index is 0.0305. The van der Waals surface area contributed by atoms with E-state index in [0.717, 1.165) is 0 Å². The number of fused-ring (bicyclic) bond motifs is 1. The van der Waals surface area contributed by atoms with Crippen LogP contribution < -0.4 is 5.73 Å². The normalized spacial score (nSPS) is 18.6. The summed E-state index contributed by atoms with van der Waals surface area (Å²) in [6.07, 6.45) is -2.55. The number of alkyl halides is 1. The molecule has 0 saturated carbocycles. The first-order valence-electron chi connectivity index (χ1n) is 13.2. The second-order valence-corrected chi connectivity index (χ2v) is 9.77. The minimum Gasteiger partial charge on any atom is -0.469 e. The lowest BCUT2D eigenvalue weighted by Gasteiger charge is -2.30. The van der Waals surface area contributed by atoms with E-state index >= 15 is 4.39 Å². The Kier molecular flexibility index (Phi) is 9.91. The van der Waals surface area contributed by atoms with E-state index in [-0.39, 0.29) is 61.3 Å². The molecule has 42 heavy (non-hydrogen) atoms. The second-order valence-electron chi connectivity index (χ2n) is 9.43. The highest BCUT2D eigenvalue weighted by Gasteiger charge is 2.52. The number of benzene rings is 1. The summed E-state index contributed by atoms with van der Waals surface area (Å²) in [6, 6.07) is 6.64. The van der Waals surface area contributed by atoms with Gasteiger partial charge < -0.3 is 29.4 Å². The van der Waals surface area contributed by atoms with Crippen molar-refractivity contribution in [2.24, 2.45) is 0 Å². The van der Waals surface area contributed by atoms with Crippen LogP contribution in [0.2, 0.25) is 5.28 Å². The molecule has 3 heterocycles. The lowest BCUT2D eigenvalue weighted by Crippen LogP contribution is -2.54. The Labute approximate surface area is 245 Å². The van der Waals surface area contributed by atoms with Crippen LogP contribution in [0.4, 0.5) is 10.2 Å². The van der Waals surface area contributed by atoms with Crippen molar-refractivity contribution in [3.05, 3.63) is 47.0 Å². The van der Waals surface area contributed by atoms with Crippen LogP contribution in [-0.4, -0.2) is 82.2 Å². The van der Waals surface area contributed by atoms with Gasteiger partial charge in [0.15, 0.2) is 17.7 Å². The minimum atomic E-state index is -2.21. The summed E-state index contributed by atoms with van der Waals surface area (Å²) >= 11 is 5.93. The SMILES string of the molecule is CCOC(=O)C(Cc1ccc(CC(=O)OC)cc1)(OCC1CC(F)C(n2cnc3c(N)nc(Cl)nc32)O1)C(=O)OCC. The van der Waals surface area contributed by atoms with E-state index in [0.29, 0.717) is 11.1 Å². The molecule has 1 aliphatic rings. The number of imidazole rings is 1. The van der Waals surface area contributed by atoms with Crippen LogP contribution in [0.3, 0.4) is 0 Å². The molecule has 3 unspecified atom stereocenters. The molecule has 3 aromatic rings. The van der Waals surface area contributed by atoms with Gasteiger partial charge in [-0.25, -0.2) is 19.0 Å². The van der Waals surface area contributed by atoms with Gasteiger partial charge in [-0.05, 0) is 36.6 Å². The fourth-order valence-electron chi connectivity index (χ4n) is 4.58. The lowest BCUT2D eigenvalue weighted by molar-refractivity contribution is -0.195. The zero-order valence-electron chi connectivity index (χ0n) is 23.2. The molecule has 1 aliphatic heterocycles. The maximum Gasteiger partial charge on any atom is 0.350 e. The molecule has 4 rings (SSSR count). The Morgan fingerprint density at radius 3 is 2.38 bits per heavy atom. The molecule has 0 spiro atoms. The summed E-state index contributed by atoms with van der Waals surface area (Å²) in [6.45, 7) is 2.77. The number of rotatable bonds is 12. The van der Waals surface area contributed by atoms with Gasteiger partial charge in [0.1, 0.15) is 11.7 Å². The Bertz CT molecular complexity index is 1420. The molecule has 1 fully saturated rings. The largest absolute Gasteiger partial charge is 0.469 e. The van der Waals surface area contributed by atoms with Gasteiger partial charge in [0.2, 0.25) is 5.28 Å². The summed E-state index contributed by atoms with van der Waals surface area (Å²) in [5.74, 6) is -2.31. The van der Waals surface area contributed by atoms with Crippen molar-refractivity contribution < 1.29 is 42.5 Å². The fraction of sp³-hybridized carbons (Fsp3) is 0.481. The van der Waals surface area contributed by atoms with E-state index in [1.165, 1.54) is 18.0 Å².